The summed E-state index contributed by atoms with van der Waals surface area (Å²) in [5.74, 6) is -0.105. The van der Waals surface area contributed by atoms with Gasteiger partial charge in [0.15, 0.2) is 0 Å². The monoisotopic (exact) mass is 285 g/mol. The summed E-state index contributed by atoms with van der Waals surface area (Å²) in [6.07, 6.45) is 12.9. The van der Waals surface area contributed by atoms with E-state index in [2.05, 4.69) is 6.92 Å². The molecule has 3 nitrogen and oxygen atoms in total. The number of ether oxygens (including phenoxy) is 1. The van der Waals surface area contributed by atoms with Crippen molar-refractivity contribution in [1.29, 1.82) is 0 Å². The van der Waals surface area contributed by atoms with Crippen LogP contribution in [0.15, 0.2) is 0 Å². The lowest BCUT2D eigenvalue weighted by Gasteiger charge is -2.14. The number of unbranched alkanes of at least 4 members (excludes halogenated alkanes) is 9. The summed E-state index contributed by atoms with van der Waals surface area (Å²) in [5.41, 5.74) is 5.72. The zero-order valence-electron chi connectivity index (χ0n) is 13.8. The van der Waals surface area contributed by atoms with Crippen molar-refractivity contribution in [2.45, 2.75) is 91.0 Å². The van der Waals surface area contributed by atoms with Crippen molar-refractivity contribution in [3.63, 3.8) is 0 Å². The van der Waals surface area contributed by atoms with Gasteiger partial charge in [-0.25, -0.2) is 0 Å². The second-order valence-electron chi connectivity index (χ2n) is 6.12. The molecule has 0 fully saturated rings. The molecular weight excluding hydrogens is 250 g/mol. The smallest absolute Gasteiger partial charge is 0.323 e. The van der Waals surface area contributed by atoms with Crippen LogP contribution in [0.1, 0.15) is 85.0 Å². The molecule has 0 aliphatic heterocycles. The van der Waals surface area contributed by atoms with E-state index in [1.807, 2.05) is 13.8 Å². The fraction of sp³-hybridized carbons (Fsp3) is 0.941. The fourth-order valence-electron chi connectivity index (χ4n) is 2.13. The summed E-state index contributed by atoms with van der Waals surface area (Å²) in [4.78, 5) is 11.5. The molecule has 20 heavy (non-hydrogen) atoms. The van der Waals surface area contributed by atoms with Crippen LogP contribution in [0.4, 0.5) is 0 Å². The average molecular weight is 285 g/mol. The highest BCUT2D eigenvalue weighted by Crippen LogP contribution is 2.10. The topological polar surface area (TPSA) is 52.3 Å². The second kappa shape index (κ2) is 13.4. The van der Waals surface area contributed by atoms with E-state index < -0.39 is 6.04 Å². The molecule has 0 unspecified atom stereocenters. The van der Waals surface area contributed by atoms with Crippen molar-refractivity contribution in [3.05, 3.63) is 0 Å². The average Bonchev–Trinajstić information content (AvgIpc) is 2.43. The Labute approximate surface area is 125 Å². The van der Waals surface area contributed by atoms with E-state index in [1.54, 1.807) is 0 Å². The molecule has 120 valence electrons. The molecule has 0 amide bonds. The Kier molecular flexibility index (Phi) is 13.0. The lowest BCUT2D eigenvalue weighted by molar-refractivity contribution is -0.146. The van der Waals surface area contributed by atoms with Crippen LogP contribution in [0.2, 0.25) is 0 Å². The van der Waals surface area contributed by atoms with Gasteiger partial charge in [-0.05, 0) is 12.3 Å². The maximum absolute atomic E-state index is 11.5. The summed E-state index contributed by atoms with van der Waals surface area (Å²) < 4.78 is 5.17. The third-order valence-corrected chi connectivity index (χ3v) is 3.73. The number of rotatable bonds is 13. The van der Waals surface area contributed by atoms with Crippen LogP contribution in [0, 0.1) is 5.92 Å². The third-order valence-electron chi connectivity index (χ3n) is 3.73. The maximum Gasteiger partial charge on any atom is 0.323 e. The molecule has 1 atom stereocenters. The minimum atomic E-state index is -0.474. The molecule has 2 N–H and O–H groups in total. The summed E-state index contributed by atoms with van der Waals surface area (Å²) >= 11 is 0. The molecule has 0 radical (unpaired) electrons. The van der Waals surface area contributed by atoms with Gasteiger partial charge in [-0.2, -0.15) is 0 Å². The van der Waals surface area contributed by atoms with E-state index in [0.29, 0.717) is 6.61 Å². The van der Waals surface area contributed by atoms with Crippen molar-refractivity contribution in [2.75, 3.05) is 6.61 Å². The van der Waals surface area contributed by atoms with E-state index in [9.17, 15) is 4.79 Å². The van der Waals surface area contributed by atoms with Gasteiger partial charge in [-0.15, -0.1) is 0 Å². The van der Waals surface area contributed by atoms with Gasteiger partial charge in [0.1, 0.15) is 6.04 Å². The van der Waals surface area contributed by atoms with Crippen molar-refractivity contribution in [3.8, 4) is 0 Å². The number of esters is 1. The molecule has 0 saturated carbocycles. The third kappa shape index (κ3) is 11.3. The molecule has 0 rings (SSSR count). The first kappa shape index (κ1) is 19.4. The predicted octanol–water partition coefficient (Wildman–Crippen LogP) is 4.43. The Balaban J connectivity index is 3.23. The van der Waals surface area contributed by atoms with Gasteiger partial charge < -0.3 is 10.5 Å². The highest BCUT2D eigenvalue weighted by Gasteiger charge is 2.18. The molecule has 0 aliphatic carbocycles. The summed E-state index contributed by atoms with van der Waals surface area (Å²) in [6.45, 7) is 6.65. The van der Waals surface area contributed by atoms with Crippen LogP contribution < -0.4 is 5.73 Å². The molecule has 3 heteroatoms. The maximum atomic E-state index is 11.5. The molecule has 0 aromatic carbocycles. The zero-order valence-corrected chi connectivity index (χ0v) is 13.8. The second-order valence-corrected chi connectivity index (χ2v) is 6.12. The normalized spacial score (nSPS) is 12.7. The van der Waals surface area contributed by atoms with E-state index >= 15 is 0 Å². The Bertz CT molecular complexity index is 229. The van der Waals surface area contributed by atoms with Crippen LogP contribution >= 0.6 is 0 Å². The van der Waals surface area contributed by atoms with E-state index in [4.69, 9.17) is 10.5 Å². The summed E-state index contributed by atoms with van der Waals surface area (Å²) in [5, 5.41) is 0. The molecule has 0 spiro atoms. The number of hydrogen-bond acceptors (Lipinski definition) is 3. The summed E-state index contributed by atoms with van der Waals surface area (Å²) in [6, 6.07) is -0.474. The fourth-order valence-corrected chi connectivity index (χ4v) is 2.13. The largest absolute Gasteiger partial charge is 0.465 e. The highest BCUT2D eigenvalue weighted by atomic mass is 16.5. The van der Waals surface area contributed by atoms with E-state index in [1.165, 1.54) is 51.4 Å². The van der Waals surface area contributed by atoms with Gasteiger partial charge >= 0.3 is 5.97 Å². The molecule has 0 heterocycles. The zero-order chi connectivity index (χ0) is 15.2. The summed E-state index contributed by atoms with van der Waals surface area (Å²) in [7, 11) is 0. The number of carbonyl (C=O) groups excluding carboxylic acids is 1. The molecule has 0 saturated heterocycles. The molecule has 0 aromatic heterocycles. The van der Waals surface area contributed by atoms with Crippen LogP contribution in [0.25, 0.3) is 0 Å². The lowest BCUT2D eigenvalue weighted by Crippen LogP contribution is -2.37. The Morgan fingerprint density at radius 3 is 1.80 bits per heavy atom. The number of hydrogen-bond donors (Lipinski definition) is 1. The van der Waals surface area contributed by atoms with Gasteiger partial charge in [0.25, 0.3) is 0 Å². The van der Waals surface area contributed by atoms with Crippen molar-refractivity contribution in [2.24, 2.45) is 11.7 Å². The molecule has 0 aromatic rings. The van der Waals surface area contributed by atoms with Gasteiger partial charge in [0.05, 0.1) is 6.61 Å². The van der Waals surface area contributed by atoms with Crippen LogP contribution in [0.5, 0.6) is 0 Å². The van der Waals surface area contributed by atoms with Crippen LogP contribution in [0.3, 0.4) is 0 Å². The highest BCUT2D eigenvalue weighted by molar-refractivity contribution is 5.75. The first-order chi connectivity index (χ1) is 9.59. The SMILES string of the molecule is CCCCCCCCCCCCOC(=O)[C@@H](N)C(C)C. The van der Waals surface area contributed by atoms with Gasteiger partial charge in [-0.1, -0.05) is 78.6 Å². The van der Waals surface area contributed by atoms with Gasteiger partial charge in [-0.3, -0.25) is 4.79 Å². The van der Waals surface area contributed by atoms with Crippen molar-refractivity contribution < 1.29 is 9.53 Å². The Morgan fingerprint density at radius 1 is 0.900 bits per heavy atom. The Morgan fingerprint density at radius 2 is 1.35 bits per heavy atom. The number of carbonyl (C=O) groups is 1. The first-order valence-electron chi connectivity index (χ1n) is 8.51. The molecule has 0 aliphatic rings. The predicted molar refractivity (Wildman–Crippen MR) is 85.6 cm³/mol. The van der Waals surface area contributed by atoms with Crippen molar-refractivity contribution in [1.82, 2.24) is 0 Å². The molecular formula is C17H35NO2. The van der Waals surface area contributed by atoms with Crippen LogP contribution in [-0.2, 0) is 9.53 Å². The quantitative estimate of drug-likeness (QED) is 0.402. The van der Waals surface area contributed by atoms with Gasteiger partial charge in [0.2, 0.25) is 0 Å². The minimum absolute atomic E-state index is 0.148. The van der Waals surface area contributed by atoms with E-state index in [-0.39, 0.29) is 11.9 Å². The Hall–Kier alpha value is -0.570. The van der Waals surface area contributed by atoms with Gasteiger partial charge in [0, 0.05) is 0 Å². The van der Waals surface area contributed by atoms with Crippen LogP contribution in [-0.4, -0.2) is 18.6 Å². The number of nitrogens with two attached hydrogens (primary N) is 1. The standard InChI is InChI=1S/C17H35NO2/c1-4-5-6-7-8-9-10-11-12-13-14-20-17(19)16(18)15(2)3/h15-16H,4-14,18H2,1-3H3/t16-/m0/s1. The van der Waals surface area contributed by atoms with E-state index in [0.717, 1.165) is 12.8 Å². The molecule has 0 bridgehead atoms. The minimum Gasteiger partial charge on any atom is -0.465 e. The first-order valence-corrected chi connectivity index (χ1v) is 8.51. The van der Waals surface area contributed by atoms with Crippen molar-refractivity contribution >= 4 is 5.97 Å². The lowest BCUT2D eigenvalue weighted by atomic mass is 10.1.